The number of aromatic nitrogens is 2. The van der Waals surface area contributed by atoms with Crippen LogP contribution >= 0.6 is 0 Å². The summed E-state index contributed by atoms with van der Waals surface area (Å²) in [5.41, 5.74) is 3.63. The number of hydrogen-bond donors (Lipinski definition) is 3. The van der Waals surface area contributed by atoms with Crippen LogP contribution in [0.15, 0.2) is 48.3 Å². The van der Waals surface area contributed by atoms with Gasteiger partial charge in [0.05, 0.1) is 12.3 Å². The fraction of sp³-hybridized carbons (Fsp3) is 0.350. The van der Waals surface area contributed by atoms with Gasteiger partial charge in [0.2, 0.25) is 0 Å². The van der Waals surface area contributed by atoms with Crippen LogP contribution < -0.4 is 10.6 Å². The minimum atomic E-state index is -0.0592. The van der Waals surface area contributed by atoms with E-state index in [4.69, 9.17) is 5.11 Å². The third-order valence-electron chi connectivity index (χ3n) is 4.39. The standard InChI is InChI=1S/C20H24N4O2/c25-11-10-21-19-12-18(23-14-24-19)16-6-8-17(9-7-16)20(26)22-13-15-4-2-1-3-5-15/h4,6-9,12,14,25H,1-3,5,10-11,13H2,(H,22,26)(H,21,23,24). The van der Waals surface area contributed by atoms with Crippen molar-refractivity contribution in [3.8, 4) is 11.3 Å². The number of amides is 1. The number of hydrogen-bond acceptors (Lipinski definition) is 5. The summed E-state index contributed by atoms with van der Waals surface area (Å²) < 4.78 is 0. The Morgan fingerprint density at radius 2 is 2.00 bits per heavy atom. The van der Waals surface area contributed by atoms with Crippen LogP contribution in [0.4, 0.5) is 5.82 Å². The summed E-state index contributed by atoms with van der Waals surface area (Å²) in [5, 5.41) is 14.9. The fourth-order valence-corrected chi connectivity index (χ4v) is 2.95. The number of anilines is 1. The molecule has 0 atom stereocenters. The molecule has 1 aromatic heterocycles. The van der Waals surface area contributed by atoms with Crippen LogP contribution in [0.5, 0.6) is 0 Å². The molecule has 3 rings (SSSR count). The van der Waals surface area contributed by atoms with E-state index in [-0.39, 0.29) is 12.5 Å². The predicted molar refractivity (Wildman–Crippen MR) is 102 cm³/mol. The van der Waals surface area contributed by atoms with Gasteiger partial charge in [-0.2, -0.15) is 0 Å². The second-order valence-corrected chi connectivity index (χ2v) is 6.31. The molecule has 0 bridgehead atoms. The van der Waals surface area contributed by atoms with E-state index in [9.17, 15) is 4.79 Å². The number of aliphatic hydroxyl groups excluding tert-OH is 1. The average molecular weight is 352 g/mol. The maximum Gasteiger partial charge on any atom is 0.251 e. The molecule has 6 heteroatoms. The maximum atomic E-state index is 12.3. The third-order valence-corrected chi connectivity index (χ3v) is 4.39. The van der Waals surface area contributed by atoms with E-state index >= 15 is 0 Å². The van der Waals surface area contributed by atoms with E-state index in [2.05, 4.69) is 26.7 Å². The van der Waals surface area contributed by atoms with Gasteiger partial charge >= 0.3 is 0 Å². The first kappa shape index (κ1) is 18.1. The highest BCUT2D eigenvalue weighted by atomic mass is 16.3. The maximum absolute atomic E-state index is 12.3. The van der Waals surface area contributed by atoms with Crippen molar-refractivity contribution in [2.24, 2.45) is 0 Å². The molecular weight excluding hydrogens is 328 g/mol. The Bertz CT molecular complexity index is 772. The van der Waals surface area contributed by atoms with Crippen LogP contribution in [0.1, 0.15) is 36.0 Å². The van der Waals surface area contributed by atoms with Crippen molar-refractivity contribution < 1.29 is 9.90 Å². The molecular formula is C20H24N4O2. The van der Waals surface area contributed by atoms with E-state index in [1.807, 2.05) is 30.3 Å². The van der Waals surface area contributed by atoms with Crippen LogP contribution in [-0.2, 0) is 0 Å². The minimum Gasteiger partial charge on any atom is -0.395 e. The van der Waals surface area contributed by atoms with Gasteiger partial charge in [0.1, 0.15) is 12.1 Å². The zero-order valence-electron chi connectivity index (χ0n) is 14.7. The van der Waals surface area contributed by atoms with Crippen molar-refractivity contribution in [1.82, 2.24) is 15.3 Å². The molecule has 1 aromatic carbocycles. The van der Waals surface area contributed by atoms with Crippen LogP contribution in [0.3, 0.4) is 0 Å². The van der Waals surface area contributed by atoms with Crippen molar-refractivity contribution in [2.75, 3.05) is 25.0 Å². The van der Waals surface area contributed by atoms with Gasteiger partial charge in [0.15, 0.2) is 0 Å². The molecule has 2 aromatic rings. The van der Waals surface area contributed by atoms with Crippen molar-refractivity contribution in [3.05, 3.63) is 53.9 Å². The predicted octanol–water partition coefficient (Wildman–Crippen LogP) is 2.78. The number of carbonyl (C=O) groups is 1. The smallest absolute Gasteiger partial charge is 0.251 e. The quantitative estimate of drug-likeness (QED) is 0.667. The van der Waals surface area contributed by atoms with Gasteiger partial charge in [-0.1, -0.05) is 23.8 Å². The Kier molecular flexibility index (Phi) is 6.33. The molecule has 1 aliphatic carbocycles. The van der Waals surface area contributed by atoms with Crippen molar-refractivity contribution in [3.63, 3.8) is 0 Å². The number of nitrogens with zero attached hydrogens (tertiary/aromatic N) is 2. The molecule has 1 heterocycles. The SMILES string of the molecule is O=C(NCC1=CCCCC1)c1ccc(-c2cc(NCCO)ncn2)cc1. The number of benzene rings is 1. The highest BCUT2D eigenvalue weighted by Crippen LogP contribution is 2.20. The Labute approximate surface area is 153 Å². The lowest BCUT2D eigenvalue weighted by Gasteiger charge is -2.13. The number of rotatable bonds is 7. The minimum absolute atomic E-state index is 0.0417. The first-order chi connectivity index (χ1) is 12.8. The zero-order valence-corrected chi connectivity index (χ0v) is 14.7. The van der Waals surface area contributed by atoms with E-state index in [1.54, 1.807) is 0 Å². The molecule has 0 fully saturated rings. The first-order valence-electron chi connectivity index (χ1n) is 8.99. The highest BCUT2D eigenvalue weighted by Gasteiger charge is 2.09. The molecule has 0 saturated carbocycles. The molecule has 26 heavy (non-hydrogen) atoms. The summed E-state index contributed by atoms with van der Waals surface area (Å²) in [4.78, 5) is 20.7. The second kappa shape index (κ2) is 9.10. The Morgan fingerprint density at radius 1 is 1.15 bits per heavy atom. The molecule has 0 aliphatic heterocycles. The van der Waals surface area contributed by atoms with Crippen molar-refractivity contribution >= 4 is 11.7 Å². The molecule has 1 amide bonds. The summed E-state index contributed by atoms with van der Waals surface area (Å²) in [6.07, 6.45) is 8.38. The summed E-state index contributed by atoms with van der Waals surface area (Å²) in [7, 11) is 0. The Morgan fingerprint density at radius 3 is 2.73 bits per heavy atom. The Hall–Kier alpha value is -2.73. The largest absolute Gasteiger partial charge is 0.395 e. The summed E-state index contributed by atoms with van der Waals surface area (Å²) in [5.74, 6) is 0.600. The van der Waals surface area contributed by atoms with Gasteiger partial charge in [-0.05, 0) is 37.8 Å². The second-order valence-electron chi connectivity index (χ2n) is 6.31. The topological polar surface area (TPSA) is 87.1 Å². The molecule has 0 unspecified atom stereocenters. The van der Waals surface area contributed by atoms with E-state index in [0.717, 1.165) is 24.1 Å². The lowest BCUT2D eigenvalue weighted by Crippen LogP contribution is -2.26. The van der Waals surface area contributed by atoms with Gasteiger partial charge in [-0.15, -0.1) is 0 Å². The first-order valence-corrected chi connectivity index (χ1v) is 8.99. The molecule has 0 radical (unpaired) electrons. The summed E-state index contributed by atoms with van der Waals surface area (Å²) >= 11 is 0. The van der Waals surface area contributed by atoms with E-state index < -0.39 is 0 Å². The third kappa shape index (κ3) is 4.89. The van der Waals surface area contributed by atoms with Gasteiger partial charge < -0.3 is 15.7 Å². The Balaban J connectivity index is 1.62. The summed E-state index contributed by atoms with van der Waals surface area (Å²) in [6.45, 7) is 1.11. The van der Waals surface area contributed by atoms with Crippen LogP contribution in [0.2, 0.25) is 0 Å². The number of carbonyl (C=O) groups excluding carboxylic acids is 1. The fourth-order valence-electron chi connectivity index (χ4n) is 2.95. The molecule has 6 nitrogen and oxygen atoms in total. The molecule has 0 saturated heterocycles. The average Bonchev–Trinajstić information content (AvgIpc) is 2.71. The van der Waals surface area contributed by atoms with Gasteiger partial charge in [-0.25, -0.2) is 9.97 Å². The lowest BCUT2D eigenvalue weighted by atomic mass is 9.99. The summed E-state index contributed by atoms with van der Waals surface area (Å²) in [6, 6.07) is 9.20. The van der Waals surface area contributed by atoms with Crippen molar-refractivity contribution in [2.45, 2.75) is 25.7 Å². The van der Waals surface area contributed by atoms with E-state index in [1.165, 1.54) is 24.7 Å². The van der Waals surface area contributed by atoms with Crippen LogP contribution in [-0.4, -0.2) is 40.7 Å². The van der Waals surface area contributed by atoms with Gasteiger partial charge in [-0.3, -0.25) is 4.79 Å². The number of aliphatic hydroxyl groups is 1. The highest BCUT2D eigenvalue weighted by molar-refractivity contribution is 5.94. The monoisotopic (exact) mass is 352 g/mol. The number of allylic oxidation sites excluding steroid dienone is 1. The molecule has 1 aliphatic rings. The normalized spacial score (nSPS) is 13.8. The van der Waals surface area contributed by atoms with Crippen molar-refractivity contribution in [1.29, 1.82) is 0 Å². The van der Waals surface area contributed by atoms with Crippen LogP contribution in [0, 0.1) is 0 Å². The van der Waals surface area contributed by atoms with Gasteiger partial charge in [0, 0.05) is 30.3 Å². The zero-order chi connectivity index (χ0) is 18.2. The van der Waals surface area contributed by atoms with Gasteiger partial charge in [0.25, 0.3) is 5.91 Å². The lowest BCUT2D eigenvalue weighted by molar-refractivity contribution is 0.0956. The molecule has 136 valence electrons. The van der Waals surface area contributed by atoms with Crippen LogP contribution in [0.25, 0.3) is 11.3 Å². The molecule has 3 N–H and O–H groups in total. The number of nitrogens with one attached hydrogen (secondary N) is 2. The van der Waals surface area contributed by atoms with E-state index in [0.29, 0.717) is 24.5 Å². The molecule has 0 spiro atoms.